The number of Topliss-reactive ketones (excluding diaryl/α,β-unsaturated/α-hetero) is 1. The lowest BCUT2D eigenvalue weighted by Crippen LogP contribution is -2.14. The van der Waals surface area contributed by atoms with Crippen molar-refractivity contribution >= 4 is 48.4 Å². The Bertz CT molecular complexity index is 2050. The minimum absolute atomic E-state index is 0.0152. The fourth-order valence-corrected chi connectivity index (χ4v) is 5.38. The summed E-state index contributed by atoms with van der Waals surface area (Å²) < 4.78 is 71.2. The molecule has 15 nitrogen and oxygen atoms in total. The van der Waals surface area contributed by atoms with E-state index in [-0.39, 0.29) is 27.6 Å². The molecule has 4 rings (SSSR count). The van der Waals surface area contributed by atoms with Crippen LogP contribution in [0.1, 0.15) is 33.2 Å². The molecule has 0 aromatic heterocycles. The van der Waals surface area contributed by atoms with Crippen molar-refractivity contribution in [2.45, 2.75) is 23.3 Å². The minimum atomic E-state index is -5.00. The average Bonchev–Trinajstić information content (AvgIpc) is 2.91. The third-order valence-electron chi connectivity index (χ3n) is 6.18. The van der Waals surface area contributed by atoms with Crippen LogP contribution in [-0.2, 0) is 26.8 Å². The van der Waals surface area contributed by atoms with Crippen LogP contribution < -0.4 is 10.1 Å². The van der Waals surface area contributed by atoms with Gasteiger partial charge in [0.1, 0.15) is 4.90 Å². The molecule has 4 aromatic rings. The molecule has 4 aromatic carbocycles. The summed E-state index contributed by atoms with van der Waals surface area (Å²) in [6.45, 7) is 0.640. The summed E-state index contributed by atoms with van der Waals surface area (Å²) in [7, 11) is -9.85. The normalized spacial score (nSPS) is 11.8. The van der Waals surface area contributed by atoms with Gasteiger partial charge in [0.2, 0.25) is 11.5 Å². The first-order chi connectivity index (χ1) is 19.9. The van der Waals surface area contributed by atoms with Crippen molar-refractivity contribution in [1.29, 1.82) is 0 Å². The predicted octanol–water partition coefficient (Wildman–Crippen LogP) is 2.90. The number of hydrogen-bond donors (Lipinski definition) is 8. The standard InChI is InChI=1S/C26H21NO14S2/c1-11(28)13-5-19(29)24(32)21(6-13)41-26(34)17-9-20(30)25(33)23(31)18(17)10-27-14-3-2-12-4-15(42(35,36)37)8-22(16(12)7-14)43(38,39)40/h2-9,27,29-33H,10H2,1H3,(H,35,36,37)(H,38,39,40). The van der Waals surface area contributed by atoms with Crippen LogP contribution in [0.3, 0.4) is 0 Å². The maximum Gasteiger partial charge on any atom is 0.344 e. The number of benzene rings is 4. The van der Waals surface area contributed by atoms with Gasteiger partial charge in [-0.1, -0.05) is 6.07 Å². The van der Waals surface area contributed by atoms with Gasteiger partial charge in [-0.3, -0.25) is 13.9 Å². The number of phenols is 5. The predicted molar refractivity (Wildman–Crippen MR) is 147 cm³/mol. The molecule has 0 radical (unpaired) electrons. The molecule has 17 heteroatoms. The Kier molecular flexibility index (Phi) is 7.86. The number of phenolic OH excluding ortho intramolecular Hbond substituents is 5. The number of nitrogens with one attached hydrogen (secondary N) is 1. The van der Waals surface area contributed by atoms with E-state index in [9.17, 15) is 61.1 Å². The molecular weight excluding hydrogens is 614 g/mol. The van der Waals surface area contributed by atoms with Gasteiger partial charge in [0.05, 0.1) is 10.5 Å². The zero-order chi connectivity index (χ0) is 32.0. The van der Waals surface area contributed by atoms with E-state index in [0.29, 0.717) is 6.07 Å². The number of carbonyl (C=O) groups is 2. The van der Waals surface area contributed by atoms with Crippen molar-refractivity contribution in [2.24, 2.45) is 0 Å². The molecule has 0 aliphatic rings. The zero-order valence-corrected chi connectivity index (χ0v) is 23.3. The lowest BCUT2D eigenvalue weighted by molar-refractivity contribution is 0.0725. The molecule has 0 aliphatic heterocycles. The first kappa shape index (κ1) is 30.8. The van der Waals surface area contributed by atoms with E-state index >= 15 is 0 Å². The second-order valence-electron chi connectivity index (χ2n) is 9.07. The average molecular weight is 636 g/mol. The third kappa shape index (κ3) is 6.24. The Morgan fingerprint density at radius 3 is 2.05 bits per heavy atom. The van der Waals surface area contributed by atoms with Crippen LogP contribution in [-0.4, -0.2) is 63.2 Å². The van der Waals surface area contributed by atoms with Crippen LogP contribution in [0, 0.1) is 0 Å². The highest BCUT2D eigenvalue weighted by atomic mass is 32.2. The number of fused-ring (bicyclic) bond motifs is 1. The van der Waals surface area contributed by atoms with Crippen LogP contribution in [0.4, 0.5) is 5.69 Å². The van der Waals surface area contributed by atoms with Crippen LogP contribution in [0.25, 0.3) is 10.8 Å². The highest BCUT2D eigenvalue weighted by Crippen LogP contribution is 2.42. The smallest absolute Gasteiger partial charge is 0.344 e. The molecule has 43 heavy (non-hydrogen) atoms. The topological polar surface area (TPSA) is 265 Å². The van der Waals surface area contributed by atoms with E-state index in [2.05, 4.69) is 5.32 Å². The lowest BCUT2D eigenvalue weighted by atomic mass is 10.0. The Morgan fingerprint density at radius 2 is 1.44 bits per heavy atom. The van der Waals surface area contributed by atoms with Crippen LogP contribution >= 0.6 is 0 Å². The van der Waals surface area contributed by atoms with Crippen LogP contribution in [0.2, 0.25) is 0 Å². The van der Waals surface area contributed by atoms with Crippen molar-refractivity contribution in [1.82, 2.24) is 0 Å². The van der Waals surface area contributed by atoms with Gasteiger partial charge in [-0.25, -0.2) is 4.79 Å². The van der Waals surface area contributed by atoms with Gasteiger partial charge in [0, 0.05) is 28.7 Å². The van der Waals surface area contributed by atoms with E-state index < -0.39 is 88.4 Å². The van der Waals surface area contributed by atoms with Gasteiger partial charge in [-0.2, -0.15) is 16.8 Å². The maximum atomic E-state index is 13.1. The second-order valence-corrected chi connectivity index (χ2v) is 11.9. The molecule has 226 valence electrons. The first-order valence-corrected chi connectivity index (χ1v) is 14.6. The van der Waals surface area contributed by atoms with Crippen molar-refractivity contribution < 1.29 is 65.8 Å². The van der Waals surface area contributed by atoms with Gasteiger partial charge < -0.3 is 35.6 Å². The number of carbonyl (C=O) groups excluding carboxylic acids is 2. The number of rotatable bonds is 8. The highest BCUT2D eigenvalue weighted by molar-refractivity contribution is 7.86. The summed E-state index contributed by atoms with van der Waals surface area (Å²) in [4.78, 5) is 23.1. The molecular formula is C26H21NO14S2. The molecule has 0 aliphatic carbocycles. The minimum Gasteiger partial charge on any atom is -0.504 e. The SMILES string of the molecule is CC(=O)c1cc(O)c(O)c(OC(=O)c2cc(O)c(O)c(O)c2CNc2ccc3cc(S(=O)(=O)O)cc(S(=O)(=O)O)c3c2)c1. The third-order valence-corrected chi connectivity index (χ3v) is 7.90. The van der Waals surface area contributed by atoms with Crippen LogP contribution in [0.15, 0.2) is 58.3 Å². The molecule has 0 heterocycles. The molecule has 0 atom stereocenters. The van der Waals surface area contributed by atoms with Gasteiger partial charge in [0.25, 0.3) is 20.2 Å². The number of ether oxygens (including phenoxy) is 1. The quantitative estimate of drug-likeness (QED) is 0.0455. The van der Waals surface area contributed by atoms with E-state index in [1.807, 2.05) is 0 Å². The molecule has 0 amide bonds. The summed E-state index contributed by atoms with van der Waals surface area (Å²) in [6, 6.07) is 7.84. The summed E-state index contributed by atoms with van der Waals surface area (Å²) in [6.07, 6.45) is 0. The monoisotopic (exact) mass is 635 g/mol. The maximum absolute atomic E-state index is 13.1. The van der Waals surface area contributed by atoms with Gasteiger partial charge >= 0.3 is 5.97 Å². The molecule has 0 saturated heterocycles. The number of esters is 1. The Labute approximate surface area is 242 Å². The van der Waals surface area contributed by atoms with Crippen molar-refractivity contribution in [3.63, 3.8) is 0 Å². The van der Waals surface area contributed by atoms with Gasteiger partial charge in [-0.05, 0) is 54.8 Å². The molecule has 8 N–H and O–H groups in total. The molecule has 0 bridgehead atoms. The largest absolute Gasteiger partial charge is 0.504 e. The first-order valence-electron chi connectivity index (χ1n) is 11.7. The van der Waals surface area contributed by atoms with E-state index in [4.69, 9.17) is 4.74 Å². The fraction of sp³-hybridized carbons (Fsp3) is 0.0769. The fourth-order valence-electron chi connectivity index (χ4n) is 4.03. The molecule has 0 saturated carbocycles. The Hall–Kier alpha value is -5.10. The second kappa shape index (κ2) is 11.0. The van der Waals surface area contributed by atoms with Gasteiger partial charge in [0.15, 0.2) is 28.8 Å². The number of hydrogen-bond acceptors (Lipinski definition) is 13. The van der Waals surface area contributed by atoms with Crippen LogP contribution in [0.5, 0.6) is 34.5 Å². The molecule has 0 spiro atoms. The van der Waals surface area contributed by atoms with Gasteiger partial charge in [-0.15, -0.1) is 0 Å². The molecule has 0 fully saturated rings. The number of aromatic hydroxyl groups is 5. The van der Waals surface area contributed by atoms with E-state index in [0.717, 1.165) is 37.3 Å². The Balaban J connectivity index is 1.74. The zero-order valence-electron chi connectivity index (χ0n) is 21.6. The number of ketones is 1. The summed E-state index contributed by atoms with van der Waals surface area (Å²) in [5.41, 5.74) is -0.964. The summed E-state index contributed by atoms with van der Waals surface area (Å²) in [5, 5.41) is 53.1. The van der Waals surface area contributed by atoms with E-state index in [1.54, 1.807) is 0 Å². The Morgan fingerprint density at radius 1 is 0.791 bits per heavy atom. The summed E-state index contributed by atoms with van der Waals surface area (Å²) in [5.74, 6) is -7.10. The van der Waals surface area contributed by atoms with Crippen molar-refractivity contribution in [3.8, 4) is 34.5 Å². The highest BCUT2D eigenvalue weighted by Gasteiger charge is 2.25. The number of anilines is 1. The van der Waals surface area contributed by atoms with Crippen molar-refractivity contribution in [2.75, 3.05) is 5.32 Å². The summed E-state index contributed by atoms with van der Waals surface area (Å²) >= 11 is 0. The van der Waals surface area contributed by atoms with Crippen molar-refractivity contribution in [3.05, 3.63) is 65.2 Å². The molecule has 0 unspecified atom stereocenters. The lowest BCUT2D eigenvalue weighted by Gasteiger charge is -2.16. The van der Waals surface area contributed by atoms with E-state index in [1.165, 1.54) is 12.1 Å².